The fourth-order valence-corrected chi connectivity index (χ4v) is 3.54. The number of allylic oxidation sites excluding steroid dienone is 10. The molecule has 0 aromatic carbocycles. The first kappa shape index (κ1) is 22.1. The van der Waals surface area contributed by atoms with Crippen molar-refractivity contribution in [1.29, 1.82) is 0 Å². The zero-order valence-electron chi connectivity index (χ0n) is 18.0. The van der Waals surface area contributed by atoms with Crippen LogP contribution in [0.2, 0.25) is 0 Å². The summed E-state index contributed by atoms with van der Waals surface area (Å²) in [4.78, 5) is 9.65. The molecule has 0 spiro atoms. The molecule has 0 saturated carbocycles. The summed E-state index contributed by atoms with van der Waals surface area (Å²) in [5.74, 6) is 0. The van der Waals surface area contributed by atoms with Gasteiger partial charge in [-0.3, -0.25) is 9.98 Å². The smallest absolute Gasteiger partial charge is 0.0425 e. The molecule has 4 nitrogen and oxygen atoms in total. The minimum absolute atomic E-state index is 0.862. The summed E-state index contributed by atoms with van der Waals surface area (Å²) in [5, 5.41) is 9.65. The Bertz CT molecular complexity index is 709. The average molecular weight is 403 g/mol. The zero-order chi connectivity index (χ0) is 20.7. The van der Waals surface area contributed by atoms with Crippen LogP contribution >= 0.6 is 0 Å². The first-order valence-electron chi connectivity index (χ1n) is 11.5. The van der Waals surface area contributed by atoms with Gasteiger partial charge >= 0.3 is 0 Å². The van der Waals surface area contributed by atoms with Gasteiger partial charge in [-0.05, 0) is 25.0 Å². The van der Waals surface area contributed by atoms with Gasteiger partial charge in [0.25, 0.3) is 0 Å². The molecule has 0 saturated heterocycles. The highest BCUT2D eigenvalue weighted by atomic mass is 14.9. The Morgan fingerprint density at radius 3 is 1.47 bits per heavy atom. The molecule has 0 fully saturated rings. The maximum atomic E-state index is 4.82. The monoisotopic (exact) mass is 402 g/mol. The first-order chi connectivity index (χ1) is 14.9. The largest absolute Gasteiger partial charge is 0.683 e. The standard InChI is InChI=1S/C26H34N4/c1-2-12-20-28-25-17-9-6-10-18-26(25)30-22-14-4-3-13-21-29-24-16-8-5-7-15-23(24)27-19-11-1/h5-10,15-18H,1-4,11-14,19-22H2/q-2. The van der Waals surface area contributed by atoms with Gasteiger partial charge in [-0.1, -0.05) is 87.1 Å². The first-order valence-corrected chi connectivity index (χ1v) is 11.5. The van der Waals surface area contributed by atoms with E-state index in [1.165, 1.54) is 25.7 Å². The van der Waals surface area contributed by atoms with Crippen molar-refractivity contribution in [3.63, 3.8) is 0 Å². The van der Waals surface area contributed by atoms with Crippen molar-refractivity contribution < 1.29 is 0 Å². The number of aliphatic imine (C=N–C) groups is 2. The molecule has 0 aromatic heterocycles. The molecule has 3 aliphatic rings. The van der Waals surface area contributed by atoms with Gasteiger partial charge in [-0.15, -0.1) is 24.5 Å². The number of fused-ring (bicyclic) bond motifs is 2. The second kappa shape index (κ2) is 13.6. The van der Waals surface area contributed by atoms with E-state index in [1.54, 1.807) is 0 Å². The molecule has 1 aliphatic heterocycles. The maximum Gasteiger partial charge on any atom is 0.0425 e. The fraction of sp³-hybridized carbons (Fsp3) is 0.462. The lowest BCUT2D eigenvalue weighted by Crippen LogP contribution is -2.03. The molecule has 0 aromatic rings. The normalized spacial score (nSPS) is 21.9. The van der Waals surface area contributed by atoms with Crippen LogP contribution in [0, 0.1) is 0 Å². The highest BCUT2D eigenvalue weighted by Crippen LogP contribution is 2.17. The van der Waals surface area contributed by atoms with Gasteiger partial charge in [0.2, 0.25) is 0 Å². The van der Waals surface area contributed by atoms with Gasteiger partial charge < -0.3 is 10.6 Å². The van der Waals surface area contributed by atoms with E-state index in [0.29, 0.717) is 0 Å². The second-order valence-electron chi connectivity index (χ2n) is 7.72. The molecule has 0 bridgehead atoms. The molecular weight excluding hydrogens is 368 g/mol. The van der Waals surface area contributed by atoms with Crippen LogP contribution in [-0.2, 0) is 0 Å². The molecule has 0 amide bonds. The Hall–Kier alpha value is -2.62. The van der Waals surface area contributed by atoms with Crippen LogP contribution in [-0.4, -0.2) is 37.6 Å². The van der Waals surface area contributed by atoms with Gasteiger partial charge in [-0.25, -0.2) is 0 Å². The van der Waals surface area contributed by atoms with Crippen molar-refractivity contribution in [2.45, 2.75) is 51.4 Å². The van der Waals surface area contributed by atoms with Crippen LogP contribution in [0.15, 0.2) is 82.1 Å². The zero-order valence-corrected chi connectivity index (χ0v) is 18.0. The summed E-state index contributed by atoms with van der Waals surface area (Å²) >= 11 is 0. The van der Waals surface area contributed by atoms with Crippen molar-refractivity contribution in [3.8, 4) is 0 Å². The summed E-state index contributed by atoms with van der Waals surface area (Å²) in [6, 6.07) is 0. The van der Waals surface area contributed by atoms with Gasteiger partial charge in [0.1, 0.15) is 0 Å². The van der Waals surface area contributed by atoms with E-state index >= 15 is 0 Å². The molecule has 0 unspecified atom stereocenters. The molecule has 160 valence electrons. The summed E-state index contributed by atoms with van der Waals surface area (Å²) in [6.45, 7) is 3.45. The predicted molar refractivity (Wildman–Crippen MR) is 131 cm³/mol. The minimum Gasteiger partial charge on any atom is -0.683 e. The van der Waals surface area contributed by atoms with Crippen molar-refractivity contribution in [2.24, 2.45) is 9.98 Å². The minimum atomic E-state index is 0.862. The van der Waals surface area contributed by atoms with Crippen molar-refractivity contribution >= 4 is 11.4 Å². The van der Waals surface area contributed by atoms with Crippen molar-refractivity contribution in [3.05, 3.63) is 82.8 Å². The molecule has 30 heavy (non-hydrogen) atoms. The topological polar surface area (TPSA) is 52.9 Å². The molecule has 0 atom stereocenters. The van der Waals surface area contributed by atoms with Gasteiger partial charge in [0, 0.05) is 24.5 Å². The third-order valence-corrected chi connectivity index (χ3v) is 5.25. The number of hydrogen-bond acceptors (Lipinski definition) is 2. The molecule has 4 heteroatoms. The van der Waals surface area contributed by atoms with E-state index in [2.05, 4.69) is 48.6 Å². The Balaban J connectivity index is 1.57. The summed E-state index contributed by atoms with van der Waals surface area (Å²) in [5.41, 5.74) is 4.08. The number of hydrogen-bond donors (Lipinski definition) is 0. The molecule has 3 rings (SSSR count). The molecule has 0 N–H and O–H groups in total. The quantitative estimate of drug-likeness (QED) is 0.429. The van der Waals surface area contributed by atoms with E-state index in [9.17, 15) is 0 Å². The molecular formula is C26H34N4-2. The van der Waals surface area contributed by atoms with Crippen LogP contribution in [0.25, 0.3) is 10.6 Å². The SMILES string of the molecule is C1=CC=C2[N-]CCCCCCN=C3C=CC=CC=C3[N-]CCCCCCN=C2C=C1. The van der Waals surface area contributed by atoms with E-state index in [0.717, 1.165) is 74.7 Å². The Kier molecular flexibility index (Phi) is 9.99. The van der Waals surface area contributed by atoms with Crippen LogP contribution in [0.1, 0.15) is 51.4 Å². The third-order valence-electron chi connectivity index (χ3n) is 5.25. The molecule has 1 heterocycles. The van der Waals surface area contributed by atoms with Gasteiger partial charge in [0.15, 0.2) is 0 Å². The van der Waals surface area contributed by atoms with Gasteiger partial charge in [0.05, 0.1) is 0 Å². The highest BCUT2D eigenvalue weighted by molar-refractivity contribution is 6.11. The number of rotatable bonds is 0. The summed E-state index contributed by atoms with van der Waals surface area (Å²) in [6.07, 6.45) is 29.8. The predicted octanol–water partition coefficient (Wildman–Crippen LogP) is 6.77. The maximum absolute atomic E-state index is 4.82. The van der Waals surface area contributed by atoms with E-state index < -0.39 is 0 Å². The van der Waals surface area contributed by atoms with Crippen molar-refractivity contribution in [2.75, 3.05) is 26.2 Å². The van der Waals surface area contributed by atoms with Crippen LogP contribution in [0.3, 0.4) is 0 Å². The Labute approximate surface area is 182 Å². The fourth-order valence-electron chi connectivity index (χ4n) is 3.54. The highest BCUT2D eigenvalue weighted by Gasteiger charge is 1.99. The van der Waals surface area contributed by atoms with E-state index in [-0.39, 0.29) is 0 Å². The second-order valence-corrected chi connectivity index (χ2v) is 7.72. The van der Waals surface area contributed by atoms with Crippen molar-refractivity contribution in [1.82, 2.24) is 0 Å². The average Bonchev–Trinajstić information content (AvgIpc) is 3.12. The third kappa shape index (κ3) is 8.02. The molecule has 0 radical (unpaired) electrons. The van der Waals surface area contributed by atoms with Crippen LogP contribution in [0.5, 0.6) is 0 Å². The van der Waals surface area contributed by atoms with Gasteiger partial charge in [-0.2, -0.15) is 0 Å². The lowest BCUT2D eigenvalue weighted by molar-refractivity contribution is 0.663. The van der Waals surface area contributed by atoms with E-state index in [4.69, 9.17) is 20.6 Å². The summed E-state index contributed by atoms with van der Waals surface area (Å²) < 4.78 is 0. The lowest BCUT2D eigenvalue weighted by Gasteiger charge is -2.25. The Morgan fingerprint density at radius 1 is 0.500 bits per heavy atom. The van der Waals surface area contributed by atoms with E-state index in [1.807, 2.05) is 12.2 Å². The van der Waals surface area contributed by atoms with Crippen LogP contribution in [0.4, 0.5) is 0 Å². The Morgan fingerprint density at radius 2 is 0.967 bits per heavy atom. The number of nitrogens with zero attached hydrogens (tertiary/aromatic N) is 4. The summed E-state index contributed by atoms with van der Waals surface area (Å²) in [7, 11) is 0. The lowest BCUT2D eigenvalue weighted by atomic mass is 10.1. The van der Waals surface area contributed by atoms with Crippen LogP contribution < -0.4 is 0 Å². The molecule has 2 aliphatic carbocycles.